The number of thioether (sulfide) groups is 1. The number of hydrogen-bond acceptors (Lipinski definition) is 4. The van der Waals surface area contributed by atoms with Gasteiger partial charge in [-0.25, -0.2) is 9.58 Å². The van der Waals surface area contributed by atoms with E-state index in [4.69, 9.17) is 0 Å². The Labute approximate surface area is 184 Å². The minimum absolute atomic E-state index is 0.0851. The van der Waals surface area contributed by atoms with Crippen molar-refractivity contribution in [3.63, 3.8) is 0 Å². The topological polar surface area (TPSA) is 64.3 Å². The van der Waals surface area contributed by atoms with Crippen LogP contribution in [0.4, 0.5) is 10.5 Å². The van der Waals surface area contributed by atoms with Gasteiger partial charge in [-0.2, -0.15) is 0 Å². The molecular weight excluding hydrogens is 410 g/mol. The highest BCUT2D eigenvalue weighted by Crippen LogP contribution is 2.35. The first-order valence-corrected chi connectivity index (χ1v) is 10.6. The van der Waals surface area contributed by atoms with Gasteiger partial charge in [-0.15, -0.1) is 0 Å². The minimum atomic E-state index is -0.484. The number of rotatable bonds is 4. The smallest absolute Gasteiger partial charge is 0.283 e. The number of carbonyl (C=O) groups is 2. The van der Waals surface area contributed by atoms with Crippen molar-refractivity contribution in [2.45, 2.75) is 13.8 Å². The van der Waals surface area contributed by atoms with Crippen LogP contribution in [-0.4, -0.2) is 20.5 Å². The molecule has 0 atom stereocenters. The number of nitrogens with zero attached hydrogens (tertiary/aromatic N) is 3. The third kappa shape index (κ3) is 3.80. The van der Waals surface area contributed by atoms with Crippen LogP contribution >= 0.6 is 11.8 Å². The summed E-state index contributed by atoms with van der Waals surface area (Å²) < 4.78 is 3.11. The lowest BCUT2D eigenvalue weighted by Gasteiger charge is -2.10. The first kappa shape index (κ1) is 20.7. The zero-order valence-electron chi connectivity index (χ0n) is 17.4. The molecule has 2 aromatic carbocycles. The minimum Gasteiger partial charge on any atom is -0.283 e. The lowest BCUT2D eigenvalue weighted by atomic mass is 10.1. The van der Waals surface area contributed by atoms with E-state index in [0.29, 0.717) is 16.3 Å². The maximum atomic E-state index is 13.2. The Morgan fingerprint density at radius 3 is 2.19 bits per heavy atom. The molecule has 6 nitrogen and oxygen atoms in total. The van der Waals surface area contributed by atoms with Crippen LogP contribution in [-0.2, 0) is 11.8 Å². The van der Waals surface area contributed by atoms with Gasteiger partial charge in [0.25, 0.3) is 16.7 Å². The first-order valence-electron chi connectivity index (χ1n) is 9.74. The molecule has 0 bridgehead atoms. The van der Waals surface area contributed by atoms with Gasteiger partial charge in [0.2, 0.25) is 0 Å². The summed E-state index contributed by atoms with van der Waals surface area (Å²) in [7, 11) is 1.73. The highest BCUT2D eigenvalue weighted by Gasteiger charge is 2.40. The molecule has 0 saturated carbocycles. The van der Waals surface area contributed by atoms with Crippen molar-refractivity contribution in [1.82, 2.24) is 9.36 Å². The Balaban J connectivity index is 1.72. The fraction of sp³-hybridized carbons (Fsp3) is 0.125. The van der Waals surface area contributed by atoms with Crippen molar-refractivity contribution < 1.29 is 9.59 Å². The summed E-state index contributed by atoms with van der Waals surface area (Å²) in [6.45, 7) is 3.60. The van der Waals surface area contributed by atoms with Crippen molar-refractivity contribution >= 4 is 34.7 Å². The number of amides is 2. The van der Waals surface area contributed by atoms with Gasteiger partial charge in [-0.3, -0.25) is 19.1 Å². The van der Waals surface area contributed by atoms with E-state index >= 15 is 0 Å². The molecule has 0 aliphatic carbocycles. The molecule has 3 aromatic rings. The highest BCUT2D eigenvalue weighted by atomic mass is 32.2. The third-order valence-corrected chi connectivity index (χ3v) is 5.96. The summed E-state index contributed by atoms with van der Waals surface area (Å²) in [6.07, 6.45) is 3.62. The van der Waals surface area contributed by atoms with Crippen LogP contribution in [0, 0.1) is 6.92 Å². The SMILES string of the molecule is CC(/C=C1\SC(=O)N(c2c(C)n(C)n(-c3ccccc3)c2=O)C1=O)=C\c1ccccc1. The van der Waals surface area contributed by atoms with E-state index in [0.717, 1.165) is 27.8 Å². The Morgan fingerprint density at radius 2 is 1.55 bits per heavy atom. The predicted molar refractivity (Wildman–Crippen MR) is 124 cm³/mol. The van der Waals surface area contributed by atoms with Crippen molar-refractivity contribution in [3.8, 4) is 5.69 Å². The van der Waals surface area contributed by atoms with E-state index in [1.807, 2.05) is 61.5 Å². The van der Waals surface area contributed by atoms with E-state index < -0.39 is 16.7 Å². The predicted octanol–water partition coefficient (Wildman–Crippen LogP) is 4.67. The van der Waals surface area contributed by atoms with E-state index in [1.165, 1.54) is 4.68 Å². The van der Waals surface area contributed by atoms with E-state index in [9.17, 15) is 14.4 Å². The second-order valence-corrected chi connectivity index (χ2v) is 8.22. The van der Waals surface area contributed by atoms with Gasteiger partial charge in [0.15, 0.2) is 0 Å². The molecule has 156 valence electrons. The zero-order valence-corrected chi connectivity index (χ0v) is 18.2. The summed E-state index contributed by atoms with van der Waals surface area (Å²) in [5.74, 6) is -0.484. The molecule has 1 saturated heterocycles. The largest absolute Gasteiger partial charge is 0.298 e. The molecule has 0 spiro atoms. The number of anilines is 1. The standard InChI is InChI=1S/C24H21N3O3S/c1-16(14-18-10-6-4-7-11-18)15-20-22(28)26(24(30)31-20)21-17(2)25(3)27(23(21)29)19-12-8-5-9-13-19/h4-15H,1-3H3/b16-14+,20-15-. The summed E-state index contributed by atoms with van der Waals surface area (Å²) in [4.78, 5) is 40.3. The maximum absolute atomic E-state index is 13.2. The van der Waals surface area contributed by atoms with Gasteiger partial charge in [0, 0.05) is 7.05 Å². The number of imide groups is 1. The molecule has 1 aliphatic heterocycles. The van der Waals surface area contributed by atoms with E-state index in [2.05, 4.69) is 0 Å². The van der Waals surface area contributed by atoms with E-state index in [1.54, 1.807) is 36.9 Å². The molecule has 7 heteroatoms. The van der Waals surface area contributed by atoms with Gasteiger partial charge in [0.1, 0.15) is 5.69 Å². The maximum Gasteiger partial charge on any atom is 0.298 e. The Hall–Kier alpha value is -3.58. The van der Waals surface area contributed by atoms with Crippen molar-refractivity contribution in [2.75, 3.05) is 4.90 Å². The van der Waals surface area contributed by atoms with Crippen molar-refractivity contribution in [3.05, 3.63) is 98.8 Å². The molecule has 1 aliphatic rings. The monoisotopic (exact) mass is 431 g/mol. The molecule has 0 radical (unpaired) electrons. The van der Waals surface area contributed by atoms with Gasteiger partial charge in [0.05, 0.1) is 16.3 Å². The quantitative estimate of drug-likeness (QED) is 0.563. The molecule has 0 N–H and O–H groups in total. The Bertz CT molecular complexity index is 1280. The van der Waals surface area contributed by atoms with Crippen LogP contribution in [0.15, 0.2) is 82.0 Å². The number of benzene rings is 2. The van der Waals surface area contributed by atoms with Gasteiger partial charge >= 0.3 is 0 Å². The van der Waals surface area contributed by atoms with Gasteiger partial charge in [-0.05, 0) is 55.0 Å². The molecule has 2 amide bonds. The molecule has 31 heavy (non-hydrogen) atoms. The molecule has 2 heterocycles. The summed E-state index contributed by atoms with van der Waals surface area (Å²) >= 11 is 0.844. The van der Waals surface area contributed by atoms with Crippen LogP contribution in [0.2, 0.25) is 0 Å². The Morgan fingerprint density at radius 1 is 0.935 bits per heavy atom. The molecule has 4 rings (SSSR count). The number of para-hydroxylation sites is 1. The zero-order chi connectivity index (χ0) is 22.1. The van der Waals surface area contributed by atoms with E-state index in [-0.39, 0.29) is 5.69 Å². The average molecular weight is 432 g/mol. The summed E-state index contributed by atoms with van der Waals surface area (Å²) in [6, 6.07) is 18.8. The Kier molecular flexibility index (Phi) is 5.52. The number of aromatic nitrogens is 2. The number of hydrogen-bond donors (Lipinski definition) is 0. The van der Waals surface area contributed by atoms with Crippen LogP contribution in [0.5, 0.6) is 0 Å². The van der Waals surface area contributed by atoms with Crippen LogP contribution in [0.25, 0.3) is 11.8 Å². The van der Waals surface area contributed by atoms with Crippen molar-refractivity contribution in [1.29, 1.82) is 0 Å². The molecule has 0 unspecified atom stereocenters. The van der Waals surface area contributed by atoms with Crippen molar-refractivity contribution in [2.24, 2.45) is 7.05 Å². The normalized spacial score (nSPS) is 15.9. The van der Waals surface area contributed by atoms with Crippen LogP contribution in [0.1, 0.15) is 18.2 Å². The molecule has 1 fully saturated rings. The number of carbonyl (C=O) groups excluding carboxylic acids is 2. The lowest BCUT2D eigenvalue weighted by Crippen LogP contribution is -2.33. The fourth-order valence-electron chi connectivity index (χ4n) is 3.53. The highest BCUT2D eigenvalue weighted by molar-refractivity contribution is 8.18. The third-order valence-electron chi connectivity index (χ3n) is 5.09. The molecule has 1 aromatic heterocycles. The average Bonchev–Trinajstić information content (AvgIpc) is 3.14. The lowest BCUT2D eigenvalue weighted by molar-refractivity contribution is -0.113. The van der Waals surface area contributed by atoms with Gasteiger partial charge in [-0.1, -0.05) is 54.6 Å². The number of allylic oxidation sites excluding steroid dienone is 2. The van der Waals surface area contributed by atoms with Gasteiger partial charge < -0.3 is 0 Å². The molecular formula is C24H21N3O3S. The summed E-state index contributed by atoms with van der Waals surface area (Å²) in [5, 5.41) is -0.477. The van der Waals surface area contributed by atoms with Crippen LogP contribution < -0.4 is 10.5 Å². The second-order valence-electron chi connectivity index (χ2n) is 7.23. The fourth-order valence-corrected chi connectivity index (χ4v) is 4.41. The second kappa shape index (κ2) is 8.28. The van der Waals surface area contributed by atoms with Crippen LogP contribution in [0.3, 0.4) is 0 Å². The first-order chi connectivity index (χ1) is 14.9. The summed E-state index contributed by atoms with van der Waals surface area (Å²) in [5.41, 5.74) is 2.71.